The first-order valence-electron chi connectivity index (χ1n) is 9.18. The van der Waals surface area contributed by atoms with E-state index in [0.717, 1.165) is 10.5 Å². The van der Waals surface area contributed by atoms with E-state index in [1.54, 1.807) is 25.1 Å². The Bertz CT molecular complexity index is 841. The average molecular weight is 405 g/mol. The number of esters is 1. The Labute approximate surface area is 167 Å². The number of fused-ring (bicyclic) bond motifs is 1. The summed E-state index contributed by atoms with van der Waals surface area (Å²) in [6.45, 7) is 1.62. The molecule has 0 bridgehead atoms. The topological polar surface area (TPSA) is 123 Å². The second-order valence-electron chi connectivity index (χ2n) is 7.05. The van der Waals surface area contributed by atoms with E-state index < -0.39 is 23.4 Å². The molecule has 0 aromatic heterocycles. The van der Waals surface area contributed by atoms with E-state index in [1.165, 1.54) is 7.11 Å². The van der Waals surface area contributed by atoms with Gasteiger partial charge in [-0.15, -0.1) is 0 Å². The third kappa shape index (κ3) is 4.58. The molecule has 0 radical (unpaired) electrons. The highest BCUT2D eigenvalue weighted by Crippen LogP contribution is 2.34. The van der Waals surface area contributed by atoms with Gasteiger partial charge in [-0.05, 0) is 31.0 Å². The molecule has 2 N–H and O–H groups in total. The van der Waals surface area contributed by atoms with Crippen LogP contribution in [0.15, 0.2) is 18.2 Å². The first kappa shape index (κ1) is 20.4. The minimum Gasteiger partial charge on any atom is -0.469 e. The Morgan fingerprint density at radius 2 is 2.03 bits per heavy atom. The third-order valence-corrected chi connectivity index (χ3v) is 4.75. The predicted molar refractivity (Wildman–Crippen MR) is 99.2 cm³/mol. The van der Waals surface area contributed by atoms with Crippen molar-refractivity contribution >= 4 is 23.8 Å². The van der Waals surface area contributed by atoms with Crippen molar-refractivity contribution in [3.63, 3.8) is 0 Å². The molecular weight excluding hydrogens is 382 g/mol. The van der Waals surface area contributed by atoms with Gasteiger partial charge in [0.1, 0.15) is 12.1 Å². The maximum absolute atomic E-state index is 12.8. The maximum atomic E-state index is 12.8. The van der Waals surface area contributed by atoms with Crippen LogP contribution in [0, 0.1) is 0 Å². The van der Waals surface area contributed by atoms with Crippen LogP contribution in [0.1, 0.15) is 25.3 Å². The highest BCUT2D eigenvalue weighted by atomic mass is 16.7. The number of hydrogen-bond donors (Lipinski definition) is 2. The van der Waals surface area contributed by atoms with Gasteiger partial charge in [0.15, 0.2) is 11.5 Å². The van der Waals surface area contributed by atoms with E-state index in [4.69, 9.17) is 9.47 Å². The molecule has 0 aliphatic carbocycles. The SMILES string of the molecule is COC(=O)CCCNC(=O)CN1C(=O)N[C@@](C)(Cc2ccc3c(c2)OCO3)C1=O. The van der Waals surface area contributed by atoms with E-state index in [9.17, 15) is 19.2 Å². The number of benzene rings is 1. The van der Waals surface area contributed by atoms with Gasteiger partial charge in [0.05, 0.1) is 7.11 Å². The zero-order chi connectivity index (χ0) is 21.0. The summed E-state index contributed by atoms with van der Waals surface area (Å²) in [5.41, 5.74) is -0.379. The predicted octanol–water partition coefficient (Wildman–Crippen LogP) is 0.338. The molecule has 0 spiro atoms. The number of rotatable bonds is 8. The van der Waals surface area contributed by atoms with E-state index >= 15 is 0 Å². The molecular formula is C19H23N3O7. The fraction of sp³-hybridized carbons (Fsp3) is 0.474. The van der Waals surface area contributed by atoms with Crippen molar-refractivity contribution < 1.29 is 33.4 Å². The molecule has 0 unspecified atom stereocenters. The van der Waals surface area contributed by atoms with Crippen LogP contribution in [0.25, 0.3) is 0 Å². The summed E-state index contributed by atoms with van der Waals surface area (Å²) < 4.78 is 15.1. The summed E-state index contributed by atoms with van der Waals surface area (Å²) in [7, 11) is 1.29. The van der Waals surface area contributed by atoms with Crippen molar-refractivity contribution in [3.05, 3.63) is 23.8 Å². The molecule has 156 valence electrons. The molecule has 0 saturated carbocycles. The monoisotopic (exact) mass is 405 g/mol. The molecule has 2 heterocycles. The lowest BCUT2D eigenvalue weighted by molar-refractivity contribution is -0.140. The molecule has 1 aromatic rings. The van der Waals surface area contributed by atoms with Crippen molar-refractivity contribution in [2.75, 3.05) is 27.0 Å². The second-order valence-corrected chi connectivity index (χ2v) is 7.05. The Morgan fingerprint density at radius 3 is 2.79 bits per heavy atom. The van der Waals surface area contributed by atoms with Gasteiger partial charge in [0.2, 0.25) is 12.7 Å². The number of nitrogens with one attached hydrogen (secondary N) is 2. The number of nitrogens with zero attached hydrogens (tertiary/aromatic N) is 1. The van der Waals surface area contributed by atoms with Crippen molar-refractivity contribution in [3.8, 4) is 11.5 Å². The van der Waals surface area contributed by atoms with Crippen molar-refractivity contribution in [1.29, 1.82) is 0 Å². The molecule has 3 rings (SSSR count). The summed E-state index contributed by atoms with van der Waals surface area (Å²) in [4.78, 5) is 49.1. The van der Waals surface area contributed by atoms with Crippen LogP contribution in [-0.4, -0.2) is 61.2 Å². The molecule has 29 heavy (non-hydrogen) atoms. The zero-order valence-electron chi connectivity index (χ0n) is 16.3. The van der Waals surface area contributed by atoms with Crippen molar-refractivity contribution in [2.45, 2.75) is 31.7 Å². The summed E-state index contributed by atoms with van der Waals surface area (Å²) >= 11 is 0. The highest BCUT2D eigenvalue weighted by Gasteiger charge is 2.48. The van der Waals surface area contributed by atoms with Gasteiger partial charge in [0, 0.05) is 19.4 Å². The number of hydrogen-bond acceptors (Lipinski definition) is 7. The van der Waals surface area contributed by atoms with Gasteiger partial charge in [-0.25, -0.2) is 4.79 Å². The molecule has 1 atom stereocenters. The molecule has 10 nitrogen and oxygen atoms in total. The van der Waals surface area contributed by atoms with Crippen LogP contribution in [0.3, 0.4) is 0 Å². The number of methoxy groups -OCH3 is 1. The number of imide groups is 1. The standard InChI is InChI=1S/C19H23N3O7/c1-19(9-12-5-6-13-14(8-12)29-11-28-13)17(25)22(18(26)21-19)10-15(23)20-7-3-4-16(24)27-2/h5-6,8H,3-4,7,9-11H2,1-2H3,(H,20,23)(H,21,26)/t19-/m0/s1. The largest absolute Gasteiger partial charge is 0.469 e. The zero-order valence-corrected chi connectivity index (χ0v) is 16.3. The summed E-state index contributed by atoms with van der Waals surface area (Å²) in [5, 5.41) is 5.25. The van der Waals surface area contributed by atoms with E-state index in [1.807, 2.05) is 0 Å². The van der Waals surface area contributed by atoms with Crippen LogP contribution < -0.4 is 20.1 Å². The van der Waals surface area contributed by atoms with Gasteiger partial charge in [-0.3, -0.25) is 19.3 Å². The lowest BCUT2D eigenvalue weighted by atomic mass is 9.92. The Morgan fingerprint density at radius 1 is 1.28 bits per heavy atom. The van der Waals surface area contributed by atoms with E-state index in [-0.39, 0.29) is 38.7 Å². The van der Waals surface area contributed by atoms with Crippen LogP contribution in [-0.2, 0) is 25.5 Å². The summed E-state index contributed by atoms with van der Waals surface area (Å²) in [5.74, 6) is -0.111. The van der Waals surface area contributed by atoms with Crippen LogP contribution in [0.4, 0.5) is 4.79 Å². The molecule has 1 saturated heterocycles. The molecule has 2 aliphatic heterocycles. The Kier molecular flexibility index (Phi) is 5.90. The quantitative estimate of drug-likeness (QED) is 0.363. The van der Waals surface area contributed by atoms with E-state index in [0.29, 0.717) is 17.9 Å². The van der Waals surface area contributed by atoms with Gasteiger partial charge in [-0.1, -0.05) is 6.07 Å². The normalized spacial score (nSPS) is 19.9. The molecule has 1 aromatic carbocycles. The van der Waals surface area contributed by atoms with Crippen molar-refractivity contribution in [1.82, 2.24) is 15.5 Å². The number of carbonyl (C=O) groups is 4. The maximum Gasteiger partial charge on any atom is 0.325 e. The number of ether oxygens (including phenoxy) is 3. The molecule has 2 aliphatic rings. The van der Waals surface area contributed by atoms with Crippen LogP contribution in [0.2, 0.25) is 0 Å². The average Bonchev–Trinajstić information content (AvgIpc) is 3.23. The van der Waals surface area contributed by atoms with Crippen LogP contribution in [0.5, 0.6) is 11.5 Å². The fourth-order valence-corrected chi connectivity index (χ4v) is 3.23. The van der Waals surface area contributed by atoms with Crippen LogP contribution >= 0.6 is 0 Å². The molecule has 4 amide bonds. The first-order chi connectivity index (χ1) is 13.8. The third-order valence-electron chi connectivity index (χ3n) is 4.75. The van der Waals surface area contributed by atoms with Gasteiger partial charge < -0.3 is 24.8 Å². The summed E-state index contributed by atoms with van der Waals surface area (Å²) in [6.07, 6.45) is 0.819. The number of carbonyl (C=O) groups excluding carboxylic acids is 4. The minimum atomic E-state index is -1.17. The van der Waals surface area contributed by atoms with Gasteiger partial charge in [0.25, 0.3) is 5.91 Å². The Balaban J connectivity index is 1.55. The van der Waals surface area contributed by atoms with Gasteiger partial charge in [-0.2, -0.15) is 0 Å². The number of urea groups is 1. The fourth-order valence-electron chi connectivity index (χ4n) is 3.23. The number of amides is 4. The Hall–Kier alpha value is -3.30. The molecule has 1 fully saturated rings. The van der Waals surface area contributed by atoms with Gasteiger partial charge >= 0.3 is 12.0 Å². The summed E-state index contributed by atoms with van der Waals surface area (Å²) in [6, 6.07) is 4.70. The highest BCUT2D eigenvalue weighted by molar-refractivity contribution is 6.08. The second kappa shape index (κ2) is 8.38. The lowest BCUT2D eigenvalue weighted by Gasteiger charge is -2.21. The first-order valence-corrected chi connectivity index (χ1v) is 9.18. The minimum absolute atomic E-state index is 0.147. The van der Waals surface area contributed by atoms with Crippen molar-refractivity contribution in [2.24, 2.45) is 0 Å². The molecule has 10 heteroatoms. The smallest absolute Gasteiger partial charge is 0.325 e. The van der Waals surface area contributed by atoms with E-state index in [2.05, 4.69) is 15.4 Å². The lowest BCUT2D eigenvalue weighted by Crippen LogP contribution is -2.46.